The van der Waals surface area contributed by atoms with Crippen LogP contribution in [0.4, 0.5) is 5.82 Å². The summed E-state index contributed by atoms with van der Waals surface area (Å²) in [6.45, 7) is 3.09. The summed E-state index contributed by atoms with van der Waals surface area (Å²) in [7, 11) is 1.46. The van der Waals surface area contributed by atoms with Crippen LogP contribution in [-0.4, -0.2) is 24.0 Å². The maximum Gasteiger partial charge on any atom is 0.308 e. The van der Waals surface area contributed by atoms with Gasteiger partial charge in [0.2, 0.25) is 0 Å². The molecule has 23 heavy (non-hydrogen) atoms. The summed E-state index contributed by atoms with van der Waals surface area (Å²) < 4.78 is 11.3. The number of nitrogens with zero attached hydrogens (tertiary/aromatic N) is 2. The van der Waals surface area contributed by atoms with E-state index >= 15 is 0 Å². The van der Waals surface area contributed by atoms with Crippen LogP contribution in [0.1, 0.15) is 18.1 Å². The molecule has 120 valence electrons. The fourth-order valence-electron chi connectivity index (χ4n) is 1.97. The largest absolute Gasteiger partial charge is 0.493 e. The Balaban J connectivity index is 2.34. The second-order valence-corrected chi connectivity index (χ2v) is 4.86. The van der Waals surface area contributed by atoms with Crippen LogP contribution in [0.3, 0.4) is 0 Å². The van der Waals surface area contributed by atoms with E-state index in [2.05, 4.69) is 5.10 Å². The molecule has 7 nitrogen and oxygen atoms in total. The van der Waals surface area contributed by atoms with Crippen LogP contribution < -0.4 is 20.8 Å². The Bertz CT molecular complexity index is 825. The maximum absolute atomic E-state index is 11.9. The van der Waals surface area contributed by atoms with Gasteiger partial charge in [0.25, 0.3) is 5.56 Å². The van der Waals surface area contributed by atoms with Gasteiger partial charge in [-0.15, -0.1) is 0 Å². The Morgan fingerprint density at radius 3 is 2.61 bits per heavy atom. The molecule has 7 heteroatoms. The van der Waals surface area contributed by atoms with Crippen molar-refractivity contribution < 1.29 is 14.3 Å². The van der Waals surface area contributed by atoms with Crippen LogP contribution in [0.15, 0.2) is 40.2 Å². The van der Waals surface area contributed by atoms with Gasteiger partial charge in [0.1, 0.15) is 5.82 Å². The van der Waals surface area contributed by atoms with Crippen molar-refractivity contribution in [3.8, 4) is 11.5 Å². The number of anilines is 1. The van der Waals surface area contributed by atoms with Gasteiger partial charge in [0.05, 0.1) is 13.3 Å². The maximum atomic E-state index is 11.9. The minimum absolute atomic E-state index is 0.245. The van der Waals surface area contributed by atoms with Gasteiger partial charge in [-0.25, -0.2) is 0 Å². The lowest BCUT2D eigenvalue weighted by molar-refractivity contribution is -0.132. The number of nitrogens with two attached hydrogens (primary N) is 1. The number of nitrogen functional groups attached to an aromatic ring is 1. The summed E-state index contributed by atoms with van der Waals surface area (Å²) in [5.41, 5.74) is 6.90. The molecule has 0 spiro atoms. The van der Waals surface area contributed by atoms with Crippen molar-refractivity contribution in [1.29, 1.82) is 0 Å². The summed E-state index contributed by atoms with van der Waals surface area (Å²) in [5, 5.41) is 4.07. The van der Waals surface area contributed by atoms with Crippen LogP contribution in [0.5, 0.6) is 11.5 Å². The van der Waals surface area contributed by atoms with Crippen LogP contribution in [-0.2, 0) is 4.79 Å². The lowest BCUT2D eigenvalue weighted by Crippen LogP contribution is -2.19. The summed E-state index contributed by atoms with van der Waals surface area (Å²) in [6, 6.07) is 8.00. The Morgan fingerprint density at radius 1 is 1.26 bits per heavy atom. The third-order valence-electron chi connectivity index (χ3n) is 2.94. The van der Waals surface area contributed by atoms with Crippen molar-refractivity contribution in [2.24, 2.45) is 5.10 Å². The Labute approximate surface area is 132 Å². The smallest absolute Gasteiger partial charge is 0.308 e. The predicted molar refractivity (Wildman–Crippen MR) is 87.1 cm³/mol. The molecule has 2 aromatic rings. The molecule has 0 amide bonds. The SMILES string of the molecule is COc1cc(/C=N\n2c(N)cc(C)cc2=O)ccc1OC(C)=O. The van der Waals surface area contributed by atoms with Gasteiger partial charge in [-0.05, 0) is 42.3 Å². The average molecular weight is 315 g/mol. The van der Waals surface area contributed by atoms with E-state index in [1.165, 1.54) is 26.3 Å². The lowest BCUT2D eigenvalue weighted by Gasteiger charge is -2.08. The minimum atomic E-state index is -0.441. The number of aromatic nitrogens is 1. The zero-order valence-corrected chi connectivity index (χ0v) is 13.1. The van der Waals surface area contributed by atoms with Gasteiger partial charge in [-0.1, -0.05) is 0 Å². The average Bonchev–Trinajstić information content (AvgIpc) is 2.46. The number of methoxy groups -OCH3 is 1. The first-order valence-electron chi connectivity index (χ1n) is 6.80. The fraction of sp³-hybridized carbons (Fsp3) is 0.188. The Hall–Kier alpha value is -3.09. The number of hydrogen-bond acceptors (Lipinski definition) is 6. The second-order valence-electron chi connectivity index (χ2n) is 4.86. The monoisotopic (exact) mass is 315 g/mol. The van der Waals surface area contributed by atoms with E-state index in [4.69, 9.17) is 15.2 Å². The molecule has 2 rings (SSSR count). The van der Waals surface area contributed by atoms with E-state index in [1.54, 1.807) is 31.2 Å². The number of carbonyl (C=O) groups is 1. The van der Waals surface area contributed by atoms with Crippen LogP contribution >= 0.6 is 0 Å². The molecule has 0 saturated heterocycles. The molecule has 0 aliphatic carbocycles. The molecule has 0 aliphatic rings. The first kappa shape index (κ1) is 16.3. The van der Waals surface area contributed by atoms with E-state index in [-0.39, 0.29) is 11.4 Å². The van der Waals surface area contributed by atoms with Gasteiger partial charge >= 0.3 is 5.97 Å². The molecule has 0 atom stereocenters. The van der Waals surface area contributed by atoms with E-state index in [1.807, 2.05) is 0 Å². The van der Waals surface area contributed by atoms with Crippen molar-refractivity contribution in [3.05, 3.63) is 51.8 Å². The number of aryl methyl sites for hydroxylation is 1. The molecular formula is C16H17N3O4. The Kier molecular flexibility index (Phi) is 4.80. The molecule has 0 fully saturated rings. The normalized spacial score (nSPS) is 10.7. The van der Waals surface area contributed by atoms with Crippen molar-refractivity contribution in [1.82, 2.24) is 4.68 Å². The van der Waals surface area contributed by atoms with Crippen molar-refractivity contribution in [3.63, 3.8) is 0 Å². The van der Waals surface area contributed by atoms with Crippen molar-refractivity contribution in [2.75, 3.05) is 12.8 Å². The molecule has 2 N–H and O–H groups in total. The summed E-state index contributed by atoms with van der Waals surface area (Å²) >= 11 is 0. The molecule has 0 aliphatic heterocycles. The minimum Gasteiger partial charge on any atom is -0.493 e. The molecular weight excluding hydrogens is 298 g/mol. The quantitative estimate of drug-likeness (QED) is 0.524. The molecule has 0 radical (unpaired) electrons. The fourth-order valence-corrected chi connectivity index (χ4v) is 1.97. The number of pyridine rings is 1. The molecule has 0 saturated carbocycles. The number of carbonyl (C=O) groups excluding carboxylic acids is 1. The molecule has 1 aromatic heterocycles. The highest BCUT2D eigenvalue weighted by molar-refractivity contribution is 5.81. The third kappa shape index (κ3) is 3.97. The van der Waals surface area contributed by atoms with Gasteiger partial charge in [0.15, 0.2) is 11.5 Å². The van der Waals surface area contributed by atoms with Gasteiger partial charge in [-0.2, -0.15) is 9.78 Å². The zero-order valence-electron chi connectivity index (χ0n) is 13.1. The van der Waals surface area contributed by atoms with E-state index in [9.17, 15) is 9.59 Å². The van der Waals surface area contributed by atoms with Crippen LogP contribution in [0.25, 0.3) is 0 Å². The number of rotatable bonds is 4. The van der Waals surface area contributed by atoms with Gasteiger partial charge < -0.3 is 15.2 Å². The molecule has 0 bridgehead atoms. The summed E-state index contributed by atoms with van der Waals surface area (Å²) in [5.74, 6) is 0.496. The number of benzene rings is 1. The van der Waals surface area contributed by atoms with Crippen LogP contribution in [0.2, 0.25) is 0 Å². The van der Waals surface area contributed by atoms with E-state index in [0.717, 1.165) is 10.2 Å². The van der Waals surface area contributed by atoms with E-state index in [0.29, 0.717) is 17.1 Å². The van der Waals surface area contributed by atoms with Crippen LogP contribution in [0, 0.1) is 6.92 Å². The third-order valence-corrected chi connectivity index (χ3v) is 2.94. The standard InChI is InChI=1S/C16H17N3O4/c1-10-6-15(17)19(16(21)7-10)18-9-12-4-5-13(23-11(2)20)14(8-12)22-3/h4-9H,17H2,1-3H3/b18-9-. The Morgan fingerprint density at radius 2 is 2.00 bits per heavy atom. The number of ether oxygens (including phenoxy) is 2. The summed E-state index contributed by atoms with van der Waals surface area (Å²) in [6.07, 6.45) is 1.47. The number of esters is 1. The highest BCUT2D eigenvalue weighted by Crippen LogP contribution is 2.27. The molecule has 0 unspecified atom stereocenters. The highest BCUT2D eigenvalue weighted by atomic mass is 16.6. The van der Waals surface area contributed by atoms with Gasteiger partial charge in [-0.3, -0.25) is 9.59 Å². The topological polar surface area (TPSA) is 95.9 Å². The zero-order chi connectivity index (χ0) is 17.0. The second kappa shape index (κ2) is 6.78. The van der Waals surface area contributed by atoms with Crippen molar-refractivity contribution in [2.45, 2.75) is 13.8 Å². The van der Waals surface area contributed by atoms with Gasteiger partial charge in [0, 0.05) is 13.0 Å². The molecule has 1 heterocycles. The van der Waals surface area contributed by atoms with Crippen molar-refractivity contribution >= 4 is 18.0 Å². The first-order chi connectivity index (χ1) is 10.9. The molecule has 1 aromatic carbocycles. The first-order valence-corrected chi connectivity index (χ1v) is 6.80. The highest BCUT2D eigenvalue weighted by Gasteiger charge is 2.07. The number of hydrogen-bond donors (Lipinski definition) is 1. The van der Waals surface area contributed by atoms with E-state index < -0.39 is 5.97 Å². The lowest BCUT2D eigenvalue weighted by atomic mass is 10.2. The summed E-state index contributed by atoms with van der Waals surface area (Å²) in [4.78, 5) is 22.9. The predicted octanol–water partition coefficient (Wildman–Crippen LogP) is 1.56.